The van der Waals surface area contributed by atoms with Gasteiger partial charge in [-0.05, 0) is 58.1 Å². The van der Waals surface area contributed by atoms with E-state index in [4.69, 9.17) is 0 Å². The van der Waals surface area contributed by atoms with Gasteiger partial charge in [0.2, 0.25) is 0 Å². The van der Waals surface area contributed by atoms with E-state index >= 15 is 0 Å². The molecular formula is C22H30O. The van der Waals surface area contributed by atoms with Gasteiger partial charge in [-0.25, -0.2) is 0 Å². The van der Waals surface area contributed by atoms with Crippen LogP contribution in [0.1, 0.15) is 69.4 Å². The molecule has 1 nitrogen and oxygen atoms in total. The van der Waals surface area contributed by atoms with Crippen molar-refractivity contribution in [2.24, 2.45) is 0 Å². The molecule has 0 radical (unpaired) electrons. The molecule has 124 valence electrons. The smallest absolute Gasteiger partial charge is 0.119 e. The van der Waals surface area contributed by atoms with Crippen LogP contribution in [0.4, 0.5) is 0 Å². The molecule has 0 heterocycles. The van der Waals surface area contributed by atoms with Crippen molar-refractivity contribution in [2.45, 2.75) is 65.7 Å². The van der Waals surface area contributed by atoms with Crippen LogP contribution >= 0.6 is 0 Å². The van der Waals surface area contributed by atoms with Crippen LogP contribution in [0, 0.1) is 6.92 Å². The molecule has 0 aliphatic carbocycles. The van der Waals surface area contributed by atoms with Gasteiger partial charge in [-0.3, -0.25) is 0 Å². The van der Waals surface area contributed by atoms with Crippen molar-refractivity contribution in [3.63, 3.8) is 0 Å². The third kappa shape index (κ3) is 4.16. The largest absolute Gasteiger partial charge is 0.508 e. The van der Waals surface area contributed by atoms with Crippen LogP contribution < -0.4 is 0 Å². The highest BCUT2D eigenvalue weighted by atomic mass is 16.3. The summed E-state index contributed by atoms with van der Waals surface area (Å²) in [5, 5.41) is 10.1. The normalized spacial score (nSPS) is 12.5. The van der Waals surface area contributed by atoms with Crippen molar-refractivity contribution < 1.29 is 5.11 Å². The highest BCUT2D eigenvalue weighted by molar-refractivity contribution is 5.43. The monoisotopic (exact) mass is 310 g/mol. The summed E-state index contributed by atoms with van der Waals surface area (Å²) >= 11 is 0. The third-order valence-corrected chi connectivity index (χ3v) is 4.39. The first-order valence-corrected chi connectivity index (χ1v) is 8.41. The minimum Gasteiger partial charge on any atom is -0.508 e. The van der Waals surface area contributed by atoms with Crippen molar-refractivity contribution >= 4 is 0 Å². The van der Waals surface area contributed by atoms with Crippen LogP contribution in [0.15, 0.2) is 36.4 Å². The van der Waals surface area contributed by atoms with Gasteiger partial charge in [0.1, 0.15) is 5.75 Å². The highest BCUT2D eigenvalue weighted by Gasteiger charge is 2.19. The SMILES string of the molecule is Cc1ccc(Cc2ccc(O)c(C(C)(C)C)c2)cc1C(C)(C)C. The van der Waals surface area contributed by atoms with Gasteiger partial charge in [0.25, 0.3) is 0 Å². The zero-order chi connectivity index (χ0) is 17.4. The Bertz CT molecular complexity index is 635. The Balaban J connectivity index is 2.37. The Hall–Kier alpha value is -1.76. The van der Waals surface area contributed by atoms with Gasteiger partial charge in [-0.1, -0.05) is 71.9 Å². The van der Waals surface area contributed by atoms with Crippen LogP contribution in [-0.4, -0.2) is 5.11 Å². The molecule has 0 aliphatic heterocycles. The quantitative estimate of drug-likeness (QED) is 0.733. The molecule has 0 amide bonds. The number of rotatable bonds is 2. The minimum atomic E-state index is -0.0516. The first kappa shape index (κ1) is 17.6. The summed E-state index contributed by atoms with van der Waals surface area (Å²) in [7, 11) is 0. The number of hydrogen-bond donors (Lipinski definition) is 1. The Morgan fingerprint density at radius 1 is 0.739 bits per heavy atom. The van der Waals surface area contributed by atoms with E-state index in [9.17, 15) is 5.11 Å². The molecule has 2 aromatic carbocycles. The van der Waals surface area contributed by atoms with Gasteiger partial charge in [-0.15, -0.1) is 0 Å². The fourth-order valence-corrected chi connectivity index (χ4v) is 3.12. The van der Waals surface area contributed by atoms with Crippen molar-refractivity contribution in [1.82, 2.24) is 0 Å². The third-order valence-electron chi connectivity index (χ3n) is 4.39. The van der Waals surface area contributed by atoms with E-state index in [1.165, 1.54) is 22.3 Å². The second-order valence-electron chi connectivity index (χ2n) is 8.68. The summed E-state index contributed by atoms with van der Waals surface area (Å²) in [5.74, 6) is 0.389. The summed E-state index contributed by atoms with van der Waals surface area (Å²) < 4.78 is 0. The molecule has 0 aliphatic rings. The van der Waals surface area contributed by atoms with Gasteiger partial charge in [0.15, 0.2) is 0 Å². The first-order valence-electron chi connectivity index (χ1n) is 8.41. The Kier molecular flexibility index (Phi) is 4.61. The standard InChI is InChI=1S/C22H30O/c1-15-8-9-16(13-18(15)21(2,3)4)12-17-10-11-20(23)19(14-17)22(5,6)7/h8-11,13-14,23H,12H2,1-7H3. The van der Waals surface area contributed by atoms with E-state index in [-0.39, 0.29) is 10.8 Å². The van der Waals surface area contributed by atoms with Crippen molar-refractivity contribution in [3.05, 3.63) is 64.2 Å². The van der Waals surface area contributed by atoms with Crippen molar-refractivity contribution in [1.29, 1.82) is 0 Å². The predicted octanol–water partition coefficient (Wildman–Crippen LogP) is 5.89. The second-order valence-corrected chi connectivity index (χ2v) is 8.68. The Morgan fingerprint density at radius 2 is 1.22 bits per heavy atom. The lowest BCUT2D eigenvalue weighted by molar-refractivity contribution is 0.446. The fourth-order valence-electron chi connectivity index (χ4n) is 3.12. The lowest BCUT2D eigenvalue weighted by atomic mass is 9.82. The maximum atomic E-state index is 10.1. The van der Waals surface area contributed by atoms with Gasteiger partial charge >= 0.3 is 0 Å². The van der Waals surface area contributed by atoms with Crippen LogP contribution in [0.25, 0.3) is 0 Å². The molecule has 1 heteroatoms. The number of aromatic hydroxyl groups is 1. The number of benzene rings is 2. The molecule has 0 bridgehead atoms. The van der Waals surface area contributed by atoms with Gasteiger partial charge in [-0.2, -0.15) is 0 Å². The molecule has 23 heavy (non-hydrogen) atoms. The highest BCUT2D eigenvalue weighted by Crippen LogP contribution is 2.32. The molecule has 2 rings (SSSR count). The minimum absolute atomic E-state index is 0.0516. The van der Waals surface area contributed by atoms with Crippen LogP contribution in [0.5, 0.6) is 5.75 Å². The van der Waals surface area contributed by atoms with Crippen LogP contribution in [-0.2, 0) is 17.3 Å². The lowest BCUT2D eigenvalue weighted by Gasteiger charge is -2.23. The van der Waals surface area contributed by atoms with Crippen LogP contribution in [0.3, 0.4) is 0 Å². The molecule has 0 saturated heterocycles. The molecule has 2 aromatic rings. The predicted molar refractivity (Wildman–Crippen MR) is 99.5 cm³/mol. The summed E-state index contributed by atoms with van der Waals surface area (Å²) in [6.07, 6.45) is 0.896. The van der Waals surface area contributed by atoms with E-state index in [1.807, 2.05) is 12.1 Å². The van der Waals surface area contributed by atoms with E-state index in [1.54, 1.807) is 0 Å². The lowest BCUT2D eigenvalue weighted by Crippen LogP contribution is -2.14. The van der Waals surface area contributed by atoms with Crippen molar-refractivity contribution in [3.8, 4) is 5.75 Å². The Morgan fingerprint density at radius 3 is 1.74 bits per heavy atom. The average Bonchev–Trinajstić information content (AvgIpc) is 2.40. The van der Waals surface area contributed by atoms with Crippen LogP contribution in [0.2, 0.25) is 0 Å². The molecular weight excluding hydrogens is 280 g/mol. The molecule has 0 fully saturated rings. The summed E-state index contributed by atoms with van der Waals surface area (Å²) in [6, 6.07) is 12.8. The van der Waals surface area contributed by atoms with E-state index in [0.717, 1.165) is 12.0 Å². The molecule has 0 unspecified atom stereocenters. The van der Waals surface area contributed by atoms with Gasteiger partial charge in [0, 0.05) is 0 Å². The number of phenols is 1. The number of hydrogen-bond acceptors (Lipinski definition) is 1. The molecule has 0 atom stereocenters. The summed E-state index contributed by atoms with van der Waals surface area (Å²) in [6.45, 7) is 15.4. The Labute approximate surface area is 141 Å². The molecule has 1 N–H and O–H groups in total. The maximum Gasteiger partial charge on any atom is 0.119 e. The molecule has 0 saturated carbocycles. The summed E-state index contributed by atoms with van der Waals surface area (Å²) in [4.78, 5) is 0. The van der Waals surface area contributed by atoms with Gasteiger partial charge < -0.3 is 5.11 Å². The average molecular weight is 310 g/mol. The number of aryl methyl sites for hydroxylation is 1. The summed E-state index contributed by atoms with van der Waals surface area (Å²) in [5.41, 5.74) is 6.45. The number of phenolic OH excluding ortho intramolecular Hbond substituents is 1. The van der Waals surface area contributed by atoms with E-state index in [0.29, 0.717) is 5.75 Å². The van der Waals surface area contributed by atoms with E-state index in [2.05, 4.69) is 72.7 Å². The van der Waals surface area contributed by atoms with E-state index < -0.39 is 0 Å². The molecule has 0 spiro atoms. The molecule has 0 aromatic heterocycles. The zero-order valence-electron chi connectivity index (χ0n) is 15.6. The second kappa shape index (κ2) is 6.03. The zero-order valence-corrected chi connectivity index (χ0v) is 15.6. The van der Waals surface area contributed by atoms with Gasteiger partial charge in [0.05, 0.1) is 0 Å². The van der Waals surface area contributed by atoms with Crippen molar-refractivity contribution in [2.75, 3.05) is 0 Å². The topological polar surface area (TPSA) is 20.2 Å². The fraction of sp³-hybridized carbons (Fsp3) is 0.455. The maximum absolute atomic E-state index is 10.1. The first-order chi connectivity index (χ1) is 10.5.